The van der Waals surface area contributed by atoms with Gasteiger partial charge < -0.3 is 9.32 Å². The average molecular weight is 870 g/mol. The molecule has 0 bridgehead atoms. The second kappa shape index (κ2) is 15.0. The molecule has 0 aliphatic heterocycles. The van der Waals surface area contributed by atoms with E-state index in [-0.39, 0.29) is 0 Å². The van der Waals surface area contributed by atoms with Crippen molar-refractivity contribution < 1.29 is 4.42 Å². The molecule has 2 heterocycles. The molecule has 0 amide bonds. The Hall–Kier alpha value is -8.50. The van der Waals surface area contributed by atoms with Crippen LogP contribution in [0.5, 0.6) is 0 Å². The van der Waals surface area contributed by atoms with E-state index in [4.69, 9.17) is 4.42 Å². The molecular formula is C64H39NOS. The summed E-state index contributed by atoms with van der Waals surface area (Å²) in [6.07, 6.45) is 0. The lowest BCUT2D eigenvalue weighted by Gasteiger charge is -2.26. The maximum atomic E-state index is 6.48. The lowest BCUT2D eigenvalue weighted by Crippen LogP contribution is -2.10. The van der Waals surface area contributed by atoms with E-state index in [9.17, 15) is 0 Å². The quantitative estimate of drug-likeness (QED) is 0.155. The van der Waals surface area contributed by atoms with Crippen LogP contribution in [0.25, 0.3) is 119 Å². The highest BCUT2D eigenvalue weighted by Gasteiger charge is 2.18. The molecule has 0 aliphatic carbocycles. The van der Waals surface area contributed by atoms with Gasteiger partial charge in [-0.2, -0.15) is 0 Å². The second-order valence-corrected chi connectivity index (χ2v) is 18.7. The van der Waals surface area contributed by atoms with Crippen molar-refractivity contribution in [2.75, 3.05) is 4.90 Å². The highest BCUT2D eigenvalue weighted by Crippen LogP contribution is 2.44. The molecule has 0 spiro atoms. The maximum Gasteiger partial charge on any atom is 0.136 e. The third-order valence-corrected chi connectivity index (χ3v) is 14.9. The molecule has 312 valence electrons. The summed E-state index contributed by atoms with van der Waals surface area (Å²) in [6, 6.07) is 86.6. The molecule has 67 heavy (non-hydrogen) atoms. The molecule has 0 aliphatic rings. The van der Waals surface area contributed by atoms with Crippen LogP contribution in [0.15, 0.2) is 241 Å². The Morgan fingerprint density at radius 1 is 0.284 bits per heavy atom. The number of thiophene rings is 1. The summed E-state index contributed by atoms with van der Waals surface area (Å²) < 4.78 is 9.11. The molecule has 0 saturated carbocycles. The van der Waals surface area contributed by atoms with Crippen molar-refractivity contribution in [3.05, 3.63) is 237 Å². The van der Waals surface area contributed by atoms with Gasteiger partial charge in [0.2, 0.25) is 0 Å². The van der Waals surface area contributed by atoms with Crippen LogP contribution < -0.4 is 4.90 Å². The first-order valence-corrected chi connectivity index (χ1v) is 23.7. The first kappa shape index (κ1) is 37.8. The molecule has 14 aromatic rings. The maximum absolute atomic E-state index is 6.48. The van der Waals surface area contributed by atoms with E-state index in [0.717, 1.165) is 50.1 Å². The van der Waals surface area contributed by atoms with Crippen LogP contribution in [0.4, 0.5) is 17.1 Å². The van der Waals surface area contributed by atoms with Gasteiger partial charge in [-0.3, -0.25) is 0 Å². The van der Waals surface area contributed by atoms with Gasteiger partial charge in [-0.1, -0.05) is 158 Å². The van der Waals surface area contributed by atoms with Crippen molar-refractivity contribution in [1.29, 1.82) is 0 Å². The molecule has 3 heteroatoms. The zero-order chi connectivity index (χ0) is 44.0. The van der Waals surface area contributed by atoms with Gasteiger partial charge in [0.15, 0.2) is 0 Å². The predicted octanol–water partition coefficient (Wildman–Crippen LogP) is 19.0. The fourth-order valence-corrected chi connectivity index (χ4v) is 11.7. The van der Waals surface area contributed by atoms with Gasteiger partial charge in [-0.15, -0.1) is 11.3 Å². The monoisotopic (exact) mass is 869 g/mol. The molecule has 2 nitrogen and oxygen atoms in total. The molecule has 0 unspecified atom stereocenters. The minimum Gasteiger partial charge on any atom is -0.456 e. The lowest BCUT2D eigenvalue weighted by molar-refractivity contribution is 0.669. The number of furan rings is 1. The van der Waals surface area contributed by atoms with Gasteiger partial charge in [0.05, 0.1) is 0 Å². The van der Waals surface area contributed by atoms with E-state index < -0.39 is 0 Å². The van der Waals surface area contributed by atoms with Gasteiger partial charge in [-0.05, 0) is 155 Å². The van der Waals surface area contributed by atoms with Crippen LogP contribution in [0, 0.1) is 0 Å². The van der Waals surface area contributed by atoms with Gasteiger partial charge >= 0.3 is 0 Å². The van der Waals surface area contributed by atoms with E-state index in [1.165, 1.54) is 85.5 Å². The van der Waals surface area contributed by atoms with Crippen molar-refractivity contribution in [2.45, 2.75) is 0 Å². The number of benzene rings is 12. The first-order chi connectivity index (χ1) is 33.2. The Morgan fingerprint density at radius 3 is 1.64 bits per heavy atom. The van der Waals surface area contributed by atoms with Crippen LogP contribution in [-0.4, -0.2) is 0 Å². The molecule has 0 N–H and O–H groups in total. The Morgan fingerprint density at radius 2 is 0.881 bits per heavy atom. The minimum atomic E-state index is 0.895. The molecule has 0 radical (unpaired) electrons. The summed E-state index contributed by atoms with van der Waals surface area (Å²) in [6.45, 7) is 0. The number of nitrogens with zero attached hydrogens (tertiary/aromatic N) is 1. The first-order valence-electron chi connectivity index (χ1n) is 22.9. The molecule has 2 aromatic heterocycles. The van der Waals surface area contributed by atoms with E-state index in [1.807, 2.05) is 11.3 Å². The summed E-state index contributed by atoms with van der Waals surface area (Å²) in [5.74, 6) is 0. The summed E-state index contributed by atoms with van der Waals surface area (Å²) in [5.41, 5.74) is 12.1. The molecular weight excluding hydrogens is 831 g/mol. The summed E-state index contributed by atoms with van der Waals surface area (Å²) in [4.78, 5) is 2.38. The van der Waals surface area contributed by atoms with Gasteiger partial charge in [0, 0.05) is 48.0 Å². The Bertz CT molecular complexity index is 4270. The van der Waals surface area contributed by atoms with Crippen molar-refractivity contribution >= 4 is 114 Å². The zero-order valence-corrected chi connectivity index (χ0v) is 37.1. The minimum absolute atomic E-state index is 0.895. The van der Waals surface area contributed by atoms with Crippen LogP contribution >= 0.6 is 11.3 Å². The Labute approximate surface area is 390 Å². The standard InChI is InChI=1S/C64H39NOS/c1-2-12-44-37-61-59(35-43(44)11-1)56-31-24-45(38-60(56)66-61)40-20-27-49(28-21-40)65(51-15-9-14-47(34-51)58-36-48-13-4-5-16-52(48)54-18-7-8-19-55(54)58)50-29-22-41(23-30-50)46-25-32-57-63(39-46)67-62-33-26-42-10-3-6-17-53(42)64(57)62/h1-39H. The largest absolute Gasteiger partial charge is 0.456 e. The van der Waals surface area contributed by atoms with Crippen LogP contribution in [0.1, 0.15) is 0 Å². The topological polar surface area (TPSA) is 16.4 Å². The number of rotatable bonds is 6. The van der Waals surface area contributed by atoms with Crippen LogP contribution in [-0.2, 0) is 0 Å². The molecule has 0 fully saturated rings. The number of hydrogen-bond donors (Lipinski definition) is 0. The van der Waals surface area contributed by atoms with Gasteiger partial charge in [0.1, 0.15) is 11.2 Å². The van der Waals surface area contributed by atoms with E-state index in [1.54, 1.807) is 0 Å². The van der Waals surface area contributed by atoms with Crippen molar-refractivity contribution in [3.8, 4) is 33.4 Å². The van der Waals surface area contributed by atoms with Crippen molar-refractivity contribution in [2.24, 2.45) is 0 Å². The second-order valence-electron chi connectivity index (χ2n) is 17.7. The zero-order valence-electron chi connectivity index (χ0n) is 36.3. The fraction of sp³-hybridized carbons (Fsp3) is 0. The average Bonchev–Trinajstić information content (AvgIpc) is 3.95. The van der Waals surface area contributed by atoms with Gasteiger partial charge in [-0.25, -0.2) is 0 Å². The molecule has 0 saturated heterocycles. The Balaban J connectivity index is 0.867. The summed E-state index contributed by atoms with van der Waals surface area (Å²) in [7, 11) is 0. The van der Waals surface area contributed by atoms with E-state index >= 15 is 0 Å². The smallest absolute Gasteiger partial charge is 0.136 e. The number of anilines is 3. The number of hydrogen-bond acceptors (Lipinski definition) is 3. The van der Waals surface area contributed by atoms with Crippen molar-refractivity contribution in [1.82, 2.24) is 0 Å². The molecule has 14 rings (SSSR count). The summed E-state index contributed by atoms with van der Waals surface area (Å²) in [5, 5.41) is 15.0. The normalized spacial score (nSPS) is 11.9. The number of fused-ring (bicyclic) bond motifs is 12. The third kappa shape index (κ3) is 6.24. The fourth-order valence-electron chi connectivity index (χ4n) is 10.5. The van der Waals surface area contributed by atoms with Gasteiger partial charge in [0.25, 0.3) is 0 Å². The Kier molecular flexibility index (Phi) is 8.49. The van der Waals surface area contributed by atoms with E-state index in [2.05, 4.69) is 241 Å². The highest BCUT2D eigenvalue weighted by atomic mass is 32.1. The lowest BCUT2D eigenvalue weighted by atomic mass is 9.93. The molecule has 0 atom stereocenters. The van der Waals surface area contributed by atoms with Crippen LogP contribution in [0.2, 0.25) is 0 Å². The summed E-state index contributed by atoms with van der Waals surface area (Å²) >= 11 is 1.88. The van der Waals surface area contributed by atoms with Crippen LogP contribution in [0.3, 0.4) is 0 Å². The van der Waals surface area contributed by atoms with E-state index in [0.29, 0.717) is 0 Å². The predicted molar refractivity (Wildman–Crippen MR) is 288 cm³/mol. The van der Waals surface area contributed by atoms with Crippen molar-refractivity contribution in [3.63, 3.8) is 0 Å². The highest BCUT2D eigenvalue weighted by molar-refractivity contribution is 7.26. The SMILES string of the molecule is c1cc(-c2cc3ccccc3c3ccccc23)cc(N(c2ccc(-c3ccc4c(c3)oc3cc5ccccc5cc34)cc2)c2ccc(-c3ccc4c(c3)sc3ccc5ccccc5c34)cc2)c1. The third-order valence-electron chi connectivity index (χ3n) is 13.8. The molecule has 12 aromatic carbocycles.